The normalized spacial score (nSPS) is 10.9. The Balaban J connectivity index is 2.98. The van der Waals surface area contributed by atoms with Gasteiger partial charge in [-0.2, -0.15) is 5.10 Å². The quantitative estimate of drug-likeness (QED) is 0.743. The summed E-state index contributed by atoms with van der Waals surface area (Å²) in [6, 6.07) is 0. The summed E-state index contributed by atoms with van der Waals surface area (Å²) in [5.41, 5.74) is 7.85. The summed E-state index contributed by atoms with van der Waals surface area (Å²) in [5, 5.41) is 13.8. The molecule has 0 aliphatic rings. The van der Waals surface area contributed by atoms with Gasteiger partial charge in [0.2, 0.25) is 0 Å². The van der Waals surface area contributed by atoms with Crippen LogP contribution in [0.1, 0.15) is 21.7 Å². The van der Waals surface area contributed by atoms with E-state index in [0.717, 1.165) is 0 Å². The highest BCUT2D eigenvalue weighted by atomic mass is 16.4. The zero-order valence-electron chi connectivity index (χ0n) is 9.27. The third-order valence-corrected chi connectivity index (χ3v) is 2.58. The summed E-state index contributed by atoms with van der Waals surface area (Å²) >= 11 is 0. The van der Waals surface area contributed by atoms with Gasteiger partial charge in [0.05, 0.1) is 22.5 Å². The molecule has 0 aliphatic heterocycles. The summed E-state index contributed by atoms with van der Waals surface area (Å²) < 4.78 is 1.60. The summed E-state index contributed by atoms with van der Waals surface area (Å²) in [5.74, 6) is -1.06. The van der Waals surface area contributed by atoms with Crippen molar-refractivity contribution in [3.8, 4) is 0 Å². The molecule has 0 bridgehead atoms. The maximum absolute atomic E-state index is 11.1. The molecule has 0 saturated carbocycles. The molecule has 0 radical (unpaired) electrons. The number of carbonyl (C=O) groups is 1. The Morgan fingerprint density at radius 2 is 2.00 bits per heavy atom. The second kappa shape index (κ2) is 3.19. The number of pyridine rings is 1. The van der Waals surface area contributed by atoms with Crippen LogP contribution in [-0.2, 0) is 7.05 Å². The van der Waals surface area contributed by atoms with Gasteiger partial charge in [-0.15, -0.1) is 0 Å². The van der Waals surface area contributed by atoms with Crippen LogP contribution in [0, 0.1) is 13.8 Å². The van der Waals surface area contributed by atoms with Crippen molar-refractivity contribution in [3.63, 3.8) is 0 Å². The molecule has 0 unspecified atom stereocenters. The van der Waals surface area contributed by atoms with Crippen molar-refractivity contribution in [2.45, 2.75) is 13.8 Å². The Morgan fingerprint density at radius 3 is 2.56 bits per heavy atom. The van der Waals surface area contributed by atoms with Crippen LogP contribution in [0.2, 0.25) is 0 Å². The first-order valence-electron chi connectivity index (χ1n) is 4.76. The molecular weight excluding hydrogens is 208 g/mol. The minimum Gasteiger partial charge on any atom is -0.478 e. The van der Waals surface area contributed by atoms with Crippen molar-refractivity contribution in [3.05, 3.63) is 17.0 Å². The van der Waals surface area contributed by atoms with Crippen molar-refractivity contribution in [1.82, 2.24) is 14.8 Å². The minimum atomic E-state index is -1.06. The van der Waals surface area contributed by atoms with Crippen LogP contribution < -0.4 is 5.73 Å². The molecule has 3 N–H and O–H groups in total. The molecule has 16 heavy (non-hydrogen) atoms. The number of hydrogen-bond donors (Lipinski definition) is 2. The number of anilines is 1. The third-order valence-electron chi connectivity index (χ3n) is 2.58. The Morgan fingerprint density at radius 1 is 1.38 bits per heavy atom. The van der Waals surface area contributed by atoms with E-state index in [1.54, 1.807) is 25.6 Å². The largest absolute Gasteiger partial charge is 0.478 e. The second-order valence-corrected chi connectivity index (χ2v) is 3.70. The van der Waals surface area contributed by atoms with E-state index in [4.69, 9.17) is 10.8 Å². The first-order chi connectivity index (χ1) is 7.43. The van der Waals surface area contributed by atoms with Crippen molar-refractivity contribution >= 4 is 22.7 Å². The third kappa shape index (κ3) is 1.23. The first-order valence-corrected chi connectivity index (χ1v) is 4.76. The van der Waals surface area contributed by atoms with Crippen molar-refractivity contribution in [2.24, 2.45) is 7.05 Å². The van der Waals surface area contributed by atoms with Crippen LogP contribution in [0.25, 0.3) is 11.0 Å². The lowest BCUT2D eigenvalue weighted by Crippen LogP contribution is -2.08. The predicted molar refractivity (Wildman–Crippen MR) is 59.4 cm³/mol. The number of aromatic carboxylic acids is 1. The topological polar surface area (TPSA) is 94.0 Å². The van der Waals surface area contributed by atoms with Crippen molar-refractivity contribution in [1.29, 1.82) is 0 Å². The van der Waals surface area contributed by atoms with E-state index >= 15 is 0 Å². The molecule has 0 fully saturated rings. The van der Waals surface area contributed by atoms with E-state index in [9.17, 15) is 4.79 Å². The zero-order chi connectivity index (χ0) is 12.0. The van der Waals surface area contributed by atoms with Gasteiger partial charge < -0.3 is 10.8 Å². The molecule has 2 aromatic rings. The highest BCUT2D eigenvalue weighted by Gasteiger charge is 2.19. The number of nitrogens with zero attached hydrogens (tertiary/aromatic N) is 3. The van der Waals surface area contributed by atoms with Crippen LogP contribution in [0.3, 0.4) is 0 Å². The van der Waals surface area contributed by atoms with Gasteiger partial charge in [-0.05, 0) is 13.8 Å². The Bertz CT molecular complexity index is 601. The average Bonchev–Trinajstić information content (AvgIpc) is 2.41. The van der Waals surface area contributed by atoms with Gasteiger partial charge in [-0.1, -0.05) is 0 Å². The standard InChI is InChI=1S/C10H12N4O2/c1-4-7(10(15)16)8(11)6-5(2)13-14(3)9(6)12-4/h1-3H3,(H2,11,12)(H,15,16). The molecule has 6 heteroatoms. The van der Waals surface area contributed by atoms with Gasteiger partial charge in [-0.3, -0.25) is 4.68 Å². The maximum Gasteiger partial charge on any atom is 0.339 e. The number of aryl methyl sites for hydroxylation is 3. The van der Waals surface area contributed by atoms with Gasteiger partial charge in [0.25, 0.3) is 0 Å². The molecule has 0 saturated heterocycles. The Kier molecular flexibility index (Phi) is 2.08. The molecule has 2 heterocycles. The maximum atomic E-state index is 11.1. The predicted octanol–water partition coefficient (Wildman–Crippen LogP) is 0.866. The van der Waals surface area contributed by atoms with Gasteiger partial charge >= 0.3 is 5.97 Å². The van der Waals surface area contributed by atoms with Gasteiger partial charge in [-0.25, -0.2) is 9.78 Å². The van der Waals surface area contributed by atoms with Crippen LogP contribution in [0.15, 0.2) is 0 Å². The molecule has 0 atom stereocenters. The van der Waals surface area contributed by atoms with E-state index in [0.29, 0.717) is 22.4 Å². The van der Waals surface area contributed by atoms with Crippen LogP contribution in [0.4, 0.5) is 5.69 Å². The molecule has 2 aromatic heterocycles. The van der Waals surface area contributed by atoms with Gasteiger partial charge in [0.15, 0.2) is 5.65 Å². The lowest BCUT2D eigenvalue weighted by molar-refractivity contribution is 0.0697. The molecule has 0 aliphatic carbocycles. The van der Waals surface area contributed by atoms with E-state index in [2.05, 4.69) is 10.1 Å². The van der Waals surface area contributed by atoms with Crippen molar-refractivity contribution < 1.29 is 9.90 Å². The zero-order valence-corrected chi connectivity index (χ0v) is 9.27. The number of aromatic nitrogens is 3. The van der Waals surface area contributed by atoms with Crippen LogP contribution in [0.5, 0.6) is 0 Å². The molecule has 6 nitrogen and oxygen atoms in total. The summed E-state index contributed by atoms with van der Waals surface area (Å²) in [6.07, 6.45) is 0. The smallest absolute Gasteiger partial charge is 0.339 e. The molecule has 2 rings (SSSR count). The van der Waals surface area contributed by atoms with E-state index < -0.39 is 5.97 Å². The number of carboxylic acid groups (broad SMARTS) is 1. The van der Waals surface area contributed by atoms with E-state index in [1.165, 1.54) is 0 Å². The second-order valence-electron chi connectivity index (χ2n) is 3.70. The fourth-order valence-corrected chi connectivity index (χ4v) is 1.89. The lowest BCUT2D eigenvalue weighted by Gasteiger charge is -2.06. The number of nitrogen functional groups attached to an aromatic ring is 1. The minimum absolute atomic E-state index is 0.0589. The molecule has 0 spiro atoms. The number of carboxylic acids is 1. The molecule has 0 amide bonds. The summed E-state index contributed by atoms with van der Waals surface area (Å²) in [4.78, 5) is 15.3. The number of fused-ring (bicyclic) bond motifs is 1. The summed E-state index contributed by atoms with van der Waals surface area (Å²) in [7, 11) is 1.75. The number of rotatable bonds is 1. The van der Waals surface area contributed by atoms with Gasteiger partial charge in [0.1, 0.15) is 5.56 Å². The Hall–Kier alpha value is -2.11. The number of nitrogens with two attached hydrogens (primary N) is 1. The monoisotopic (exact) mass is 220 g/mol. The van der Waals surface area contributed by atoms with Crippen molar-refractivity contribution in [2.75, 3.05) is 5.73 Å². The Labute approximate surface area is 91.7 Å². The summed E-state index contributed by atoms with van der Waals surface area (Å²) in [6.45, 7) is 3.41. The molecule has 0 aromatic carbocycles. The fourth-order valence-electron chi connectivity index (χ4n) is 1.89. The molecule has 84 valence electrons. The SMILES string of the molecule is Cc1nc2c(c(C)nn2C)c(N)c1C(=O)O. The van der Waals surface area contributed by atoms with Gasteiger partial charge in [0, 0.05) is 7.05 Å². The van der Waals surface area contributed by atoms with E-state index in [1.807, 2.05) is 0 Å². The fraction of sp³-hybridized carbons (Fsp3) is 0.300. The van der Waals surface area contributed by atoms with Crippen LogP contribution in [-0.4, -0.2) is 25.8 Å². The first kappa shape index (κ1) is 10.4. The average molecular weight is 220 g/mol. The number of hydrogen-bond acceptors (Lipinski definition) is 4. The lowest BCUT2D eigenvalue weighted by atomic mass is 10.1. The van der Waals surface area contributed by atoms with Crippen LogP contribution >= 0.6 is 0 Å². The highest BCUT2D eigenvalue weighted by Crippen LogP contribution is 2.27. The highest BCUT2D eigenvalue weighted by molar-refractivity contribution is 6.04. The molecular formula is C10H12N4O2. The van der Waals surface area contributed by atoms with E-state index in [-0.39, 0.29) is 11.3 Å².